The lowest BCUT2D eigenvalue weighted by Gasteiger charge is -2.29. The first-order valence-corrected chi connectivity index (χ1v) is 7.92. The molecule has 0 saturated carbocycles. The standard InChI is InChI=1S/C21H19NO2/c1-21(11-10-19(23)24-2)13-17-9-8-15(14-22)12-18(17)20(21)16-6-4-3-5-7-16/h3-12,20H,13H2,1-2H3/b11-10+/t20-,21+/m0/s1. The predicted octanol–water partition coefficient (Wildman–Crippen LogP) is 3.98. The van der Waals surface area contributed by atoms with Crippen molar-refractivity contribution >= 4 is 5.97 Å². The van der Waals surface area contributed by atoms with Crippen LogP contribution < -0.4 is 0 Å². The van der Waals surface area contributed by atoms with Gasteiger partial charge in [0.25, 0.3) is 0 Å². The van der Waals surface area contributed by atoms with E-state index in [4.69, 9.17) is 4.74 Å². The molecule has 24 heavy (non-hydrogen) atoms. The molecule has 0 spiro atoms. The molecule has 3 heteroatoms. The molecular weight excluding hydrogens is 298 g/mol. The molecule has 0 saturated heterocycles. The SMILES string of the molecule is COC(=O)/C=C/[C@]1(C)Cc2ccc(C#N)cc2[C@@H]1c1ccccc1. The van der Waals surface area contributed by atoms with Gasteiger partial charge in [-0.15, -0.1) is 0 Å². The van der Waals surface area contributed by atoms with E-state index in [-0.39, 0.29) is 17.3 Å². The number of hydrogen-bond acceptors (Lipinski definition) is 3. The number of carbonyl (C=O) groups excluding carboxylic acids is 1. The summed E-state index contributed by atoms with van der Waals surface area (Å²) >= 11 is 0. The molecule has 0 fully saturated rings. The van der Waals surface area contributed by atoms with Crippen LogP contribution in [0, 0.1) is 16.7 Å². The minimum Gasteiger partial charge on any atom is -0.466 e. The van der Waals surface area contributed by atoms with Crippen molar-refractivity contribution < 1.29 is 9.53 Å². The van der Waals surface area contributed by atoms with Gasteiger partial charge in [0.1, 0.15) is 0 Å². The topological polar surface area (TPSA) is 50.1 Å². The molecule has 0 heterocycles. The first-order chi connectivity index (χ1) is 11.6. The molecule has 0 aromatic heterocycles. The Morgan fingerprint density at radius 1 is 1.29 bits per heavy atom. The van der Waals surface area contributed by atoms with Crippen molar-refractivity contribution in [2.45, 2.75) is 19.3 Å². The van der Waals surface area contributed by atoms with Gasteiger partial charge in [0.15, 0.2) is 0 Å². The van der Waals surface area contributed by atoms with Crippen LogP contribution in [0.25, 0.3) is 0 Å². The fraction of sp³-hybridized carbons (Fsp3) is 0.238. The molecule has 0 bridgehead atoms. The monoisotopic (exact) mass is 317 g/mol. The lowest BCUT2D eigenvalue weighted by molar-refractivity contribution is -0.134. The number of esters is 1. The third-order valence-corrected chi connectivity index (χ3v) is 4.75. The number of nitrogens with zero attached hydrogens (tertiary/aromatic N) is 1. The van der Waals surface area contributed by atoms with Crippen molar-refractivity contribution in [3.8, 4) is 6.07 Å². The Morgan fingerprint density at radius 2 is 2.04 bits per heavy atom. The zero-order valence-corrected chi connectivity index (χ0v) is 13.8. The highest BCUT2D eigenvalue weighted by atomic mass is 16.5. The van der Waals surface area contributed by atoms with E-state index in [9.17, 15) is 10.1 Å². The summed E-state index contributed by atoms with van der Waals surface area (Å²) in [6, 6.07) is 18.3. The highest BCUT2D eigenvalue weighted by Crippen LogP contribution is 2.51. The number of carbonyl (C=O) groups is 1. The van der Waals surface area contributed by atoms with Crippen LogP contribution in [-0.2, 0) is 16.0 Å². The van der Waals surface area contributed by atoms with E-state index >= 15 is 0 Å². The van der Waals surface area contributed by atoms with E-state index in [1.807, 2.05) is 42.5 Å². The van der Waals surface area contributed by atoms with Crippen LogP contribution in [0.5, 0.6) is 0 Å². The second-order valence-corrected chi connectivity index (χ2v) is 6.41. The zero-order chi connectivity index (χ0) is 17.2. The molecule has 120 valence electrons. The summed E-state index contributed by atoms with van der Waals surface area (Å²) in [5, 5.41) is 9.24. The quantitative estimate of drug-likeness (QED) is 0.635. The molecule has 0 unspecified atom stereocenters. The molecule has 2 aromatic carbocycles. The van der Waals surface area contributed by atoms with Gasteiger partial charge in [-0.3, -0.25) is 0 Å². The number of allylic oxidation sites excluding steroid dienone is 1. The number of ether oxygens (including phenoxy) is 1. The Morgan fingerprint density at radius 3 is 2.71 bits per heavy atom. The molecule has 2 atom stereocenters. The average molecular weight is 317 g/mol. The minimum atomic E-state index is -0.350. The molecule has 1 aliphatic carbocycles. The maximum absolute atomic E-state index is 11.6. The lowest BCUT2D eigenvalue weighted by atomic mass is 9.74. The predicted molar refractivity (Wildman–Crippen MR) is 92.4 cm³/mol. The first kappa shape index (κ1) is 16.0. The van der Waals surface area contributed by atoms with Gasteiger partial charge in [-0.2, -0.15) is 5.26 Å². The molecule has 0 N–H and O–H groups in total. The molecule has 1 aliphatic rings. The van der Waals surface area contributed by atoms with E-state index in [2.05, 4.69) is 25.1 Å². The molecule has 3 nitrogen and oxygen atoms in total. The van der Waals surface area contributed by atoms with Gasteiger partial charge in [-0.05, 0) is 35.2 Å². The summed E-state index contributed by atoms with van der Waals surface area (Å²) in [4.78, 5) is 11.6. The van der Waals surface area contributed by atoms with E-state index in [1.54, 1.807) is 0 Å². The highest BCUT2D eigenvalue weighted by molar-refractivity contribution is 5.82. The normalized spacial score (nSPS) is 22.1. The second-order valence-electron chi connectivity index (χ2n) is 6.41. The summed E-state index contributed by atoms with van der Waals surface area (Å²) in [6.45, 7) is 2.15. The van der Waals surface area contributed by atoms with Crippen LogP contribution in [0.4, 0.5) is 0 Å². The molecule has 0 amide bonds. The molecule has 0 radical (unpaired) electrons. The van der Waals surface area contributed by atoms with Crippen LogP contribution in [-0.4, -0.2) is 13.1 Å². The molecule has 0 aliphatic heterocycles. The van der Waals surface area contributed by atoms with Crippen molar-refractivity contribution in [3.63, 3.8) is 0 Å². The van der Waals surface area contributed by atoms with E-state index in [0.29, 0.717) is 5.56 Å². The van der Waals surface area contributed by atoms with Crippen molar-refractivity contribution in [1.82, 2.24) is 0 Å². The van der Waals surface area contributed by atoms with Crippen molar-refractivity contribution in [3.05, 3.63) is 82.9 Å². The van der Waals surface area contributed by atoms with Crippen LogP contribution in [0.2, 0.25) is 0 Å². The first-order valence-electron chi connectivity index (χ1n) is 7.92. The van der Waals surface area contributed by atoms with Gasteiger partial charge in [0.2, 0.25) is 0 Å². The van der Waals surface area contributed by atoms with Crippen molar-refractivity contribution in [1.29, 1.82) is 5.26 Å². The number of benzene rings is 2. The molecular formula is C21H19NO2. The Labute approximate surface area is 142 Å². The highest BCUT2D eigenvalue weighted by Gasteiger charge is 2.41. The third kappa shape index (κ3) is 2.83. The maximum atomic E-state index is 11.6. The third-order valence-electron chi connectivity index (χ3n) is 4.75. The Hall–Kier alpha value is -2.86. The number of hydrogen-bond donors (Lipinski definition) is 0. The zero-order valence-electron chi connectivity index (χ0n) is 13.8. The van der Waals surface area contributed by atoms with Gasteiger partial charge in [-0.1, -0.05) is 49.4 Å². The Bertz CT molecular complexity index is 833. The van der Waals surface area contributed by atoms with Crippen LogP contribution in [0.15, 0.2) is 60.7 Å². The van der Waals surface area contributed by atoms with Crippen LogP contribution in [0.3, 0.4) is 0 Å². The number of rotatable bonds is 3. The van der Waals surface area contributed by atoms with E-state index in [1.165, 1.54) is 24.3 Å². The van der Waals surface area contributed by atoms with Gasteiger partial charge < -0.3 is 4.74 Å². The number of nitriles is 1. The Balaban J connectivity index is 2.12. The van der Waals surface area contributed by atoms with E-state index < -0.39 is 0 Å². The molecule has 3 rings (SSSR count). The van der Waals surface area contributed by atoms with Crippen LogP contribution in [0.1, 0.15) is 35.1 Å². The largest absolute Gasteiger partial charge is 0.466 e. The van der Waals surface area contributed by atoms with Gasteiger partial charge in [-0.25, -0.2) is 4.79 Å². The summed E-state index contributed by atoms with van der Waals surface area (Å²) in [7, 11) is 1.38. The smallest absolute Gasteiger partial charge is 0.330 e. The summed E-state index contributed by atoms with van der Waals surface area (Å²) in [5.41, 5.74) is 3.99. The average Bonchev–Trinajstić information content (AvgIpc) is 2.91. The van der Waals surface area contributed by atoms with Gasteiger partial charge in [0, 0.05) is 17.4 Å². The lowest BCUT2D eigenvalue weighted by Crippen LogP contribution is -2.21. The second kappa shape index (κ2) is 6.33. The summed E-state index contributed by atoms with van der Waals surface area (Å²) in [5.74, 6) is -0.250. The molecule has 2 aromatic rings. The number of methoxy groups -OCH3 is 1. The van der Waals surface area contributed by atoms with Gasteiger partial charge in [0.05, 0.1) is 18.7 Å². The van der Waals surface area contributed by atoms with Gasteiger partial charge >= 0.3 is 5.97 Å². The number of fused-ring (bicyclic) bond motifs is 1. The Kier molecular flexibility index (Phi) is 4.22. The summed E-state index contributed by atoms with van der Waals surface area (Å²) < 4.78 is 4.74. The maximum Gasteiger partial charge on any atom is 0.330 e. The van der Waals surface area contributed by atoms with Crippen LogP contribution >= 0.6 is 0 Å². The fourth-order valence-electron chi connectivity index (χ4n) is 3.65. The van der Waals surface area contributed by atoms with Crippen molar-refractivity contribution in [2.24, 2.45) is 5.41 Å². The minimum absolute atomic E-state index is 0.0999. The summed E-state index contributed by atoms with van der Waals surface area (Å²) in [6.07, 6.45) is 4.27. The van der Waals surface area contributed by atoms with Crippen molar-refractivity contribution in [2.75, 3.05) is 7.11 Å². The van der Waals surface area contributed by atoms with E-state index in [0.717, 1.165) is 12.0 Å². The fourth-order valence-corrected chi connectivity index (χ4v) is 3.65.